The van der Waals surface area contributed by atoms with Crippen molar-refractivity contribution in [3.63, 3.8) is 0 Å². The topological polar surface area (TPSA) is 76.5 Å². The first-order chi connectivity index (χ1) is 17.5. The number of piperidine rings is 1. The minimum Gasteiger partial charge on any atom is -0.490 e. The molecule has 1 aliphatic heterocycles. The molecule has 1 aromatic heterocycles. The maximum Gasteiger partial charge on any atom is 0.274 e. The first kappa shape index (κ1) is 24.8. The van der Waals surface area contributed by atoms with E-state index >= 15 is 0 Å². The summed E-state index contributed by atoms with van der Waals surface area (Å²) in [5.41, 5.74) is 4.34. The van der Waals surface area contributed by atoms with Gasteiger partial charge in [0.15, 0.2) is 5.69 Å². The Hall–Kier alpha value is -2.83. The number of para-hydroxylation sites is 1. The monoisotopic (exact) mass is 492 g/mol. The Morgan fingerprint density at radius 2 is 1.81 bits per heavy atom. The number of ether oxygens (including phenoxy) is 1. The number of nitrogens with zero attached hydrogens (tertiary/aromatic N) is 3. The molecule has 2 aliphatic carbocycles. The van der Waals surface area contributed by atoms with E-state index in [1.54, 1.807) is 6.92 Å². The average molecular weight is 493 g/mol. The molecule has 0 atom stereocenters. The fourth-order valence-corrected chi connectivity index (χ4v) is 6.24. The van der Waals surface area contributed by atoms with Crippen LogP contribution in [0, 0.1) is 12.8 Å². The van der Waals surface area contributed by atoms with Crippen molar-refractivity contribution in [2.45, 2.75) is 96.7 Å². The number of hydrogen-bond donors (Lipinski definition) is 1. The normalized spacial score (nSPS) is 22.3. The lowest BCUT2D eigenvalue weighted by molar-refractivity contribution is -0.119. The summed E-state index contributed by atoms with van der Waals surface area (Å²) in [7, 11) is 0. The van der Waals surface area contributed by atoms with Crippen molar-refractivity contribution in [2.24, 2.45) is 5.92 Å². The molecular weight excluding hydrogens is 452 g/mol. The van der Waals surface area contributed by atoms with Crippen LogP contribution in [0.4, 0.5) is 0 Å². The van der Waals surface area contributed by atoms with Gasteiger partial charge in [0.2, 0.25) is 5.91 Å². The molecule has 5 rings (SSSR count). The van der Waals surface area contributed by atoms with Gasteiger partial charge in [-0.2, -0.15) is 5.10 Å². The van der Waals surface area contributed by atoms with Crippen molar-refractivity contribution in [1.82, 2.24) is 20.0 Å². The zero-order valence-corrected chi connectivity index (χ0v) is 21.8. The van der Waals surface area contributed by atoms with Crippen LogP contribution >= 0.6 is 0 Å². The Bertz CT molecular complexity index is 1080. The number of aromatic nitrogens is 2. The number of amides is 2. The van der Waals surface area contributed by atoms with Gasteiger partial charge in [-0.25, -0.2) is 0 Å². The maximum atomic E-state index is 13.4. The Balaban J connectivity index is 1.14. The van der Waals surface area contributed by atoms with E-state index in [0.717, 1.165) is 63.7 Å². The van der Waals surface area contributed by atoms with Crippen LogP contribution in [0.25, 0.3) is 0 Å². The second-order valence-corrected chi connectivity index (χ2v) is 10.9. The molecule has 3 aliphatic rings. The van der Waals surface area contributed by atoms with Gasteiger partial charge in [-0.1, -0.05) is 18.2 Å². The third-order valence-corrected chi connectivity index (χ3v) is 8.33. The second kappa shape index (κ2) is 11.1. The summed E-state index contributed by atoms with van der Waals surface area (Å²) in [4.78, 5) is 26.6. The zero-order chi connectivity index (χ0) is 25.1. The molecular formula is C29H40N4O3. The van der Waals surface area contributed by atoms with E-state index in [1.807, 2.05) is 11.0 Å². The summed E-state index contributed by atoms with van der Waals surface area (Å²) in [6, 6.07) is 8.45. The lowest BCUT2D eigenvalue weighted by Crippen LogP contribution is -2.46. The number of aryl methyl sites for hydroxylation is 2. The van der Waals surface area contributed by atoms with E-state index in [2.05, 4.69) is 35.1 Å². The average Bonchev–Trinajstić information content (AvgIpc) is 3.48. The molecule has 7 nitrogen and oxygen atoms in total. The Labute approximate surface area is 214 Å². The van der Waals surface area contributed by atoms with Crippen molar-refractivity contribution >= 4 is 11.8 Å². The molecule has 2 aromatic rings. The van der Waals surface area contributed by atoms with Crippen LogP contribution in [0.1, 0.15) is 85.6 Å². The number of hydrogen-bond acceptors (Lipinski definition) is 4. The fraction of sp³-hybridized carbons (Fsp3) is 0.621. The fourth-order valence-electron chi connectivity index (χ4n) is 6.24. The molecule has 0 unspecified atom stereocenters. The number of fused-ring (bicyclic) bond motifs is 1. The van der Waals surface area contributed by atoms with Gasteiger partial charge in [0.1, 0.15) is 5.75 Å². The van der Waals surface area contributed by atoms with Gasteiger partial charge < -0.3 is 15.0 Å². The lowest BCUT2D eigenvalue weighted by atomic mass is 9.85. The van der Waals surface area contributed by atoms with Crippen LogP contribution in [0.15, 0.2) is 24.3 Å². The van der Waals surface area contributed by atoms with Gasteiger partial charge in [-0.3, -0.25) is 14.3 Å². The van der Waals surface area contributed by atoms with Crippen LogP contribution in [0.2, 0.25) is 0 Å². The molecule has 0 radical (unpaired) electrons. The van der Waals surface area contributed by atoms with Crippen LogP contribution in [-0.2, 0) is 24.2 Å². The third kappa shape index (κ3) is 5.60. The van der Waals surface area contributed by atoms with E-state index in [9.17, 15) is 9.59 Å². The lowest BCUT2D eigenvalue weighted by Gasteiger charge is -2.32. The molecule has 1 N–H and O–H groups in total. The zero-order valence-electron chi connectivity index (χ0n) is 21.8. The molecule has 1 aromatic carbocycles. The summed E-state index contributed by atoms with van der Waals surface area (Å²) in [6.07, 6.45) is 10.7. The van der Waals surface area contributed by atoms with Crippen LogP contribution < -0.4 is 10.1 Å². The van der Waals surface area contributed by atoms with E-state index in [4.69, 9.17) is 9.84 Å². The summed E-state index contributed by atoms with van der Waals surface area (Å²) >= 11 is 0. The number of rotatable bonds is 7. The van der Waals surface area contributed by atoms with E-state index in [1.165, 1.54) is 29.7 Å². The van der Waals surface area contributed by atoms with Gasteiger partial charge in [0.25, 0.3) is 5.91 Å². The molecule has 36 heavy (non-hydrogen) atoms. The highest BCUT2D eigenvalue weighted by molar-refractivity contribution is 5.94. The van der Waals surface area contributed by atoms with Gasteiger partial charge in [0.05, 0.1) is 6.10 Å². The van der Waals surface area contributed by atoms with E-state index < -0.39 is 0 Å². The summed E-state index contributed by atoms with van der Waals surface area (Å²) in [5.74, 6) is 1.78. The van der Waals surface area contributed by atoms with Crippen LogP contribution in [0.3, 0.4) is 0 Å². The predicted octanol–water partition coefficient (Wildman–Crippen LogP) is 4.45. The Morgan fingerprint density at radius 3 is 2.53 bits per heavy atom. The van der Waals surface area contributed by atoms with Crippen molar-refractivity contribution in [3.8, 4) is 5.75 Å². The summed E-state index contributed by atoms with van der Waals surface area (Å²) < 4.78 is 8.44. The van der Waals surface area contributed by atoms with Gasteiger partial charge >= 0.3 is 0 Å². The van der Waals surface area contributed by atoms with Crippen LogP contribution in [0.5, 0.6) is 5.75 Å². The number of benzene rings is 1. The molecule has 1 saturated heterocycles. The molecule has 0 bridgehead atoms. The quantitative estimate of drug-likeness (QED) is 0.620. The maximum absolute atomic E-state index is 13.4. The molecule has 2 heterocycles. The van der Waals surface area contributed by atoms with E-state index in [-0.39, 0.29) is 17.9 Å². The predicted molar refractivity (Wildman–Crippen MR) is 139 cm³/mol. The number of likely N-dealkylation sites (tertiary alicyclic amines) is 1. The van der Waals surface area contributed by atoms with Crippen LogP contribution in [-0.4, -0.2) is 51.7 Å². The van der Waals surface area contributed by atoms with Gasteiger partial charge in [-0.15, -0.1) is 0 Å². The number of carbonyl (C=O) groups excluding carboxylic acids is 2. The first-order valence-corrected chi connectivity index (χ1v) is 13.8. The minimum atomic E-state index is 0.00337. The molecule has 2 fully saturated rings. The smallest absolute Gasteiger partial charge is 0.274 e. The van der Waals surface area contributed by atoms with Crippen molar-refractivity contribution in [3.05, 3.63) is 46.8 Å². The minimum absolute atomic E-state index is 0.00337. The standard InChI is InChI=1S/C29H40N4O3/c1-20-6-3-4-9-27(20)36-24-12-10-22(11-13-24)14-19-33-26-8-5-7-25(26)28(31-33)29(35)32-17-15-23(16-18-32)30-21(2)34/h3-4,6,9,22-24H,5,7-8,10-19H2,1-2H3,(H,30,34)/t22-,24+. The highest BCUT2D eigenvalue weighted by Gasteiger charge is 2.31. The van der Waals surface area contributed by atoms with Crippen molar-refractivity contribution in [2.75, 3.05) is 13.1 Å². The second-order valence-electron chi connectivity index (χ2n) is 10.9. The third-order valence-electron chi connectivity index (χ3n) is 8.33. The summed E-state index contributed by atoms with van der Waals surface area (Å²) in [6.45, 7) is 5.92. The highest BCUT2D eigenvalue weighted by Crippen LogP contribution is 2.32. The molecule has 2 amide bonds. The highest BCUT2D eigenvalue weighted by atomic mass is 16.5. The molecule has 0 spiro atoms. The Kier molecular flexibility index (Phi) is 7.63. The molecule has 1 saturated carbocycles. The van der Waals surface area contributed by atoms with Crippen molar-refractivity contribution in [1.29, 1.82) is 0 Å². The SMILES string of the molecule is CC(=O)NC1CCN(C(=O)c2nn(CC[C@H]3CC[C@@H](Oc4ccccc4C)CC3)c3c2CCC3)CC1. The van der Waals surface area contributed by atoms with Gasteiger partial charge in [-0.05, 0) is 88.7 Å². The van der Waals surface area contributed by atoms with Gasteiger partial charge in [0, 0.05) is 43.9 Å². The number of carbonyl (C=O) groups is 2. The van der Waals surface area contributed by atoms with Crippen molar-refractivity contribution < 1.29 is 14.3 Å². The molecule has 194 valence electrons. The Morgan fingerprint density at radius 1 is 1.06 bits per heavy atom. The summed E-state index contributed by atoms with van der Waals surface area (Å²) in [5, 5.41) is 7.86. The largest absolute Gasteiger partial charge is 0.490 e. The van der Waals surface area contributed by atoms with E-state index in [0.29, 0.717) is 30.8 Å². The molecule has 7 heteroatoms. The first-order valence-electron chi connectivity index (χ1n) is 13.8. The number of nitrogens with one attached hydrogen (secondary N) is 1.